The van der Waals surface area contributed by atoms with Gasteiger partial charge in [-0.15, -0.1) is 23.2 Å². The van der Waals surface area contributed by atoms with Crippen LogP contribution in [0.2, 0.25) is 15.1 Å². The minimum Gasteiger partial charge on any atom is -0.394 e. The van der Waals surface area contributed by atoms with Crippen LogP contribution in [-0.4, -0.2) is 16.1 Å². The average Bonchev–Trinajstić information content (AvgIpc) is 2.78. The maximum Gasteiger partial charge on any atom is 0.257 e. The van der Waals surface area contributed by atoms with Crippen LogP contribution in [0.25, 0.3) is 0 Å². The quantitative estimate of drug-likeness (QED) is 0.136. The van der Waals surface area contributed by atoms with Gasteiger partial charge in [0.15, 0.2) is 5.82 Å². The van der Waals surface area contributed by atoms with Crippen molar-refractivity contribution < 1.29 is 18.4 Å². The summed E-state index contributed by atoms with van der Waals surface area (Å²) in [5.41, 5.74) is 5.00. The molecule has 0 spiro atoms. The van der Waals surface area contributed by atoms with Gasteiger partial charge in [0.05, 0.1) is 32.7 Å². The number of hydrogen-bond acceptors (Lipinski definition) is 3. The molecule has 4 N–H and O–H groups in total. The zero-order valence-corrected chi connectivity index (χ0v) is 23.2. The highest BCUT2D eigenvalue weighted by molar-refractivity contribution is 9.10. The van der Waals surface area contributed by atoms with Crippen molar-refractivity contribution in [2.45, 2.75) is 17.2 Å². The molecule has 0 fully saturated rings. The Kier molecular flexibility index (Phi) is 9.36. The van der Waals surface area contributed by atoms with Crippen molar-refractivity contribution >= 4 is 103 Å². The standard InChI is InChI=1S/C23H15BrCl5F2N3O2/c24-13-5-10(6-15(26)19(13)27)8-23(28,29)9-18(35)33-11-1-2-14(25)12(7-11)22(36)34-17-4-3-16(30)21(32)20(17)31/h1-7H,8-9,32H2,(H,33,35)(H,34,36). The second kappa shape index (κ2) is 11.7. The van der Waals surface area contributed by atoms with Crippen LogP contribution in [0.1, 0.15) is 22.3 Å². The number of nitrogens with two attached hydrogens (primary N) is 1. The molecule has 0 bridgehead atoms. The fourth-order valence-corrected chi connectivity index (χ4v) is 4.87. The van der Waals surface area contributed by atoms with Gasteiger partial charge in [-0.1, -0.05) is 34.8 Å². The Morgan fingerprint density at radius 3 is 2.33 bits per heavy atom. The number of anilines is 3. The van der Waals surface area contributed by atoms with E-state index in [4.69, 9.17) is 63.7 Å². The van der Waals surface area contributed by atoms with Gasteiger partial charge in [-0.05, 0) is 64.0 Å². The van der Waals surface area contributed by atoms with Crippen LogP contribution >= 0.6 is 73.9 Å². The Morgan fingerprint density at radius 1 is 0.972 bits per heavy atom. The van der Waals surface area contributed by atoms with E-state index in [1.807, 2.05) is 0 Å². The Balaban J connectivity index is 1.71. The molecule has 3 aromatic carbocycles. The third-order valence-electron chi connectivity index (χ3n) is 4.80. The summed E-state index contributed by atoms with van der Waals surface area (Å²) >= 11 is 34.2. The molecule has 0 unspecified atom stereocenters. The van der Waals surface area contributed by atoms with Crippen LogP contribution < -0.4 is 16.4 Å². The van der Waals surface area contributed by atoms with Crippen molar-refractivity contribution in [3.8, 4) is 0 Å². The van der Waals surface area contributed by atoms with Gasteiger partial charge in [-0.25, -0.2) is 8.78 Å². The summed E-state index contributed by atoms with van der Waals surface area (Å²) in [6.45, 7) is 0. The number of halogens is 8. The van der Waals surface area contributed by atoms with Gasteiger partial charge in [-0.2, -0.15) is 0 Å². The normalized spacial score (nSPS) is 11.3. The molecule has 0 saturated heterocycles. The third kappa shape index (κ3) is 7.15. The van der Waals surface area contributed by atoms with Crippen LogP contribution in [0.15, 0.2) is 46.9 Å². The first kappa shape index (κ1) is 28.8. The number of hydrogen-bond donors (Lipinski definition) is 3. The molecule has 0 radical (unpaired) electrons. The number of carbonyl (C=O) groups is 2. The van der Waals surface area contributed by atoms with Gasteiger partial charge >= 0.3 is 0 Å². The zero-order valence-electron chi connectivity index (χ0n) is 17.9. The first-order valence-electron chi connectivity index (χ1n) is 9.93. The molecule has 3 aromatic rings. The second-order valence-electron chi connectivity index (χ2n) is 7.60. The van der Waals surface area contributed by atoms with Crippen molar-refractivity contribution in [2.75, 3.05) is 16.4 Å². The Morgan fingerprint density at radius 2 is 1.67 bits per heavy atom. The maximum absolute atomic E-state index is 14.2. The van der Waals surface area contributed by atoms with Crippen LogP contribution in [0, 0.1) is 11.6 Å². The molecule has 36 heavy (non-hydrogen) atoms. The average molecular weight is 661 g/mol. The predicted molar refractivity (Wildman–Crippen MR) is 146 cm³/mol. The van der Waals surface area contributed by atoms with E-state index >= 15 is 0 Å². The smallest absolute Gasteiger partial charge is 0.257 e. The third-order valence-corrected chi connectivity index (χ3v) is 7.31. The number of benzene rings is 3. The van der Waals surface area contributed by atoms with E-state index in [0.29, 0.717) is 20.1 Å². The fourth-order valence-electron chi connectivity index (χ4n) is 3.14. The summed E-state index contributed by atoms with van der Waals surface area (Å²) in [6, 6.07) is 9.30. The molecular weight excluding hydrogens is 645 g/mol. The van der Waals surface area contributed by atoms with Gasteiger partial charge in [0, 0.05) is 16.6 Å². The van der Waals surface area contributed by atoms with Gasteiger partial charge < -0.3 is 16.4 Å². The number of nitrogen functional groups attached to an aromatic ring is 1. The second-order valence-corrected chi connectivity index (χ2v) is 11.3. The van der Waals surface area contributed by atoms with Crippen molar-refractivity contribution in [3.63, 3.8) is 0 Å². The van der Waals surface area contributed by atoms with E-state index in [9.17, 15) is 18.4 Å². The van der Waals surface area contributed by atoms with Crippen LogP contribution in [0.3, 0.4) is 0 Å². The molecular formula is C23H15BrCl5F2N3O2. The fraction of sp³-hybridized carbons (Fsp3) is 0.130. The Bertz CT molecular complexity index is 1330. The summed E-state index contributed by atoms with van der Waals surface area (Å²) in [5.74, 6) is -3.45. The van der Waals surface area contributed by atoms with Gasteiger partial charge in [0.1, 0.15) is 15.8 Å². The predicted octanol–water partition coefficient (Wildman–Crippen LogP) is 8.27. The molecule has 0 aromatic heterocycles. The lowest BCUT2D eigenvalue weighted by atomic mass is 10.1. The molecule has 3 rings (SSSR count). The molecule has 0 atom stereocenters. The number of amides is 2. The van der Waals surface area contributed by atoms with Crippen LogP contribution in [0.5, 0.6) is 0 Å². The lowest BCUT2D eigenvalue weighted by molar-refractivity contribution is -0.116. The van der Waals surface area contributed by atoms with E-state index < -0.39 is 33.5 Å². The highest BCUT2D eigenvalue weighted by Crippen LogP contribution is 2.36. The summed E-state index contributed by atoms with van der Waals surface area (Å²) in [4.78, 5) is 25.3. The molecule has 5 nitrogen and oxygen atoms in total. The van der Waals surface area contributed by atoms with E-state index in [0.717, 1.165) is 12.1 Å². The lowest BCUT2D eigenvalue weighted by Gasteiger charge is -2.20. The number of carbonyl (C=O) groups excluding carboxylic acids is 2. The van der Waals surface area contributed by atoms with Crippen molar-refractivity contribution in [1.82, 2.24) is 0 Å². The first-order valence-corrected chi connectivity index (χ1v) is 12.6. The highest BCUT2D eigenvalue weighted by Gasteiger charge is 2.29. The van der Waals surface area contributed by atoms with Crippen molar-refractivity contribution in [3.05, 3.63) is 84.8 Å². The summed E-state index contributed by atoms with van der Waals surface area (Å²) in [7, 11) is 0. The van der Waals surface area contributed by atoms with E-state index in [1.165, 1.54) is 18.2 Å². The summed E-state index contributed by atoms with van der Waals surface area (Å²) < 4.78 is 26.6. The number of nitrogens with one attached hydrogen (secondary N) is 2. The van der Waals surface area contributed by atoms with Crippen LogP contribution in [-0.2, 0) is 11.2 Å². The summed E-state index contributed by atoms with van der Waals surface area (Å²) in [5, 5.41) is 5.51. The zero-order chi connectivity index (χ0) is 26.8. The number of rotatable bonds is 7. The summed E-state index contributed by atoms with van der Waals surface area (Å²) in [6.07, 6.45) is -0.224. The van der Waals surface area contributed by atoms with Crippen LogP contribution in [0.4, 0.5) is 25.8 Å². The van der Waals surface area contributed by atoms with E-state index in [-0.39, 0.29) is 34.8 Å². The van der Waals surface area contributed by atoms with Crippen molar-refractivity contribution in [1.29, 1.82) is 0 Å². The van der Waals surface area contributed by atoms with Gasteiger partial charge in [0.25, 0.3) is 5.91 Å². The molecule has 13 heteroatoms. The molecule has 0 heterocycles. The topological polar surface area (TPSA) is 84.2 Å². The molecule has 0 aliphatic carbocycles. The van der Waals surface area contributed by atoms with E-state index in [2.05, 4.69) is 26.6 Å². The largest absolute Gasteiger partial charge is 0.394 e. The Hall–Kier alpha value is -1.81. The van der Waals surface area contributed by atoms with Gasteiger partial charge in [-0.3, -0.25) is 9.59 Å². The van der Waals surface area contributed by atoms with E-state index in [1.54, 1.807) is 12.1 Å². The molecule has 0 aliphatic heterocycles. The number of alkyl halides is 2. The minimum atomic E-state index is -1.49. The first-order chi connectivity index (χ1) is 16.8. The molecule has 0 aliphatic rings. The van der Waals surface area contributed by atoms with Crippen molar-refractivity contribution in [2.24, 2.45) is 0 Å². The van der Waals surface area contributed by atoms with Gasteiger partial charge in [0.2, 0.25) is 5.91 Å². The molecule has 0 saturated carbocycles. The SMILES string of the molecule is Nc1c(F)ccc(NC(=O)c2cc(NC(=O)CC(Cl)(Cl)Cc3cc(Cl)c(Cl)c(Br)c3)ccc2Cl)c1F. The lowest BCUT2D eigenvalue weighted by Crippen LogP contribution is -2.25. The minimum absolute atomic E-state index is 0.0234. The Labute approximate surface area is 238 Å². The molecule has 2 amide bonds. The monoisotopic (exact) mass is 657 g/mol. The maximum atomic E-state index is 14.2. The highest BCUT2D eigenvalue weighted by atomic mass is 79.9. The molecule has 190 valence electrons.